The molecule has 1 aromatic carbocycles. The van der Waals surface area contributed by atoms with Crippen LogP contribution in [0.1, 0.15) is 25.7 Å². The van der Waals surface area contributed by atoms with Crippen LogP contribution in [-0.4, -0.2) is 24.2 Å². The van der Waals surface area contributed by atoms with Crippen molar-refractivity contribution in [3.8, 4) is 0 Å². The molecule has 4 heteroatoms. The summed E-state index contributed by atoms with van der Waals surface area (Å²) in [6, 6.07) is 7.68. The number of hydrogen-bond acceptors (Lipinski definition) is 3. The van der Waals surface area contributed by atoms with Gasteiger partial charge in [-0.05, 0) is 30.9 Å². The number of aliphatic carboxylic acids is 1. The molecule has 1 saturated carbocycles. The van der Waals surface area contributed by atoms with Gasteiger partial charge in [0.2, 0.25) is 0 Å². The molecule has 0 saturated heterocycles. The first-order chi connectivity index (χ1) is 8.66. The fourth-order valence-corrected chi connectivity index (χ4v) is 2.30. The van der Waals surface area contributed by atoms with Crippen molar-refractivity contribution < 1.29 is 9.90 Å². The number of carboxylic acid groups (broad SMARTS) is 1. The second-order valence-electron chi connectivity index (χ2n) is 4.95. The SMILES string of the molecule is Nc1ccccc1N(CCC(=O)O)CC1CCC1. The van der Waals surface area contributed by atoms with E-state index >= 15 is 0 Å². The zero-order valence-electron chi connectivity index (χ0n) is 10.5. The van der Waals surface area contributed by atoms with Gasteiger partial charge in [-0.25, -0.2) is 0 Å². The van der Waals surface area contributed by atoms with Crippen molar-refractivity contribution in [2.24, 2.45) is 5.92 Å². The summed E-state index contributed by atoms with van der Waals surface area (Å²) in [6.45, 7) is 1.45. The monoisotopic (exact) mass is 248 g/mol. The summed E-state index contributed by atoms with van der Waals surface area (Å²) >= 11 is 0. The van der Waals surface area contributed by atoms with Crippen molar-refractivity contribution in [1.29, 1.82) is 0 Å². The van der Waals surface area contributed by atoms with Gasteiger partial charge in [-0.3, -0.25) is 4.79 Å². The van der Waals surface area contributed by atoms with E-state index in [0.717, 1.165) is 17.9 Å². The molecule has 18 heavy (non-hydrogen) atoms. The van der Waals surface area contributed by atoms with Gasteiger partial charge in [-0.1, -0.05) is 18.6 Å². The lowest BCUT2D eigenvalue weighted by atomic mass is 9.85. The van der Waals surface area contributed by atoms with Gasteiger partial charge in [-0.15, -0.1) is 0 Å². The number of nitrogens with two attached hydrogens (primary N) is 1. The fraction of sp³-hybridized carbons (Fsp3) is 0.500. The summed E-state index contributed by atoms with van der Waals surface area (Å²) < 4.78 is 0. The number of carbonyl (C=O) groups is 1. The van der Waals surface area contributed by atoms with E-state index in [4.69, 9.17) is 10.8 Å². The molecule has 4 nitrogen and oxygen atoms in total. The molecule has 1 aliphatic carbocycles. The van der Waals surface area contributed by atoms with Crippen molar-refractivity contribution >= 4 is 17.3 Å². The van der Waals surface area contributed by atoms with Crippen LogP contribution in [0.25, 0.3) is 0 Å². The Balaban J connectivity index is 2.07. The van der Waals surface area contributed by atoms with Gasteiger partial charge in [-0.2, -0.15) is 0 Å². The second-order valence-corrected chi connectivity index (χ2v) is 4.95. The van der Waals surface area contributed by atoms with E-state index in [1.54, 1.807) is 0 Å². The Hall–Kier alpha value is -1.71. The number of rotatable bonds is 6. The van der Waals surface area contributed by atoms with E-state index in [0.29, 0.717) is 12.5 Å². The van der Waals surface area contributed by atoms with Gasteiger partial charge in [0.1, 0.15) is 0 Å². The first kappa shape index (κ1) is 12.7. The van der Waals surface area contributed by atoms with Crippen LogP contribution < -0.4 is 10.6 Å². The molecule has 0 heterocycles. The maximum atomic E-state index is 10.7. The number of carboxylic acids is 1. The summed E-state index contributed by atoms with van der Waals surface area (Å²) in [7, 11) is 0. The highest BCUT2D eigenvalue weighted by atomic mass is 16.4. The predicted octanol–water partition coefficient (Wildman–Crippen LogP) is 2.35. The smallest absolute Gasteiger partial charge is 0.305 e. The molecule has 1 fully saturated rings. The van der Waals surface area contributed by atoms with Gasteiger partial charge in [0.15, 0.2) is 0 Å². The van der Waals surface area contributed by atoms with Gasteiger partial charge in [0, 0.05) is 13.1 Å². The molecule has 0 unspecified atom stereocenters. The van der Waals surface area contributed by atoms with Crippen LogP contribution in [0.4, 0.5) is 11.4 Å². The molecule has 2 rings (SSSR count). The van der Waals surface area contributed by atoms with Crippen molar-refractivity contribution in [2.75, 3.05) is 23.7 Å². The number of para-hydroxylation sites is 2. The third-order valence-corrected chi connectivity index (χ3v) is 3.58. The maximum absolute atomic E-state index is 10.7. The Bertz CT molecular complexity index is 416. The molecule has 1 aliphatic rings. The van der Waals surface area contributed by atoms with Crippen LogP contribution in [0.3, 0.4) is 0 Å². The molecule has 98 valence electrons. The van der Waals surface area contributed by atoms with Crippen molar-refractivity contribution in [3.63, 3.8) is 0 Å². The number of anilines is 2. The van der Waals surface area contributed by atoms with Crippen molar-refractivity contribution in [3.05, 3.63) is 24.3 Å². The molecule has 0 atom stereocenters. The Morgan fingerprint density at radius 1 is 1.39 bits per heavy atom. The molecule has 1 aromatic rings. The van der Waals surface area contributed by atoms with Crippen LogP contribution in [0, 0.1) is 5.92 Å². The van der Waals surface area contributed by atoms with Crippen molar-refractivity contribution in [2.45, 2.75) is 25.7 Å². The fourth-order valence-electron chi connectivity index (χ4n) is 2.30. The maximum Gasteiger partial charge on any atom is 0.305 e. The highest BCUT2D eigenvalue weighted by Gasteiger charge is 2.22. The normalized spacial score (nSPS) is 15.1. The summed E-state index contributed by atoms with van der Waals surface area (Å²) in [6.07, 6.45) is 3.94. The predicted molar refractivity (Wildman–Crippen MR) is 72.7 cm³/mol. The zero-order chi connectivity index (χ0) is 13.0. The Morgan fingerprint density at radius 3 is 2.67 bits per heavy atom. The van der Waals surface area contributed by atoms with Gasteiger partial charge < -0.3 is 15.7 Å². The van der Waals surface area contributed by atoms with Crippen molar-refractivity contribution in [1.82, 2.24) is 0 Å². The molecule has 0 aliphatic heterocycles. The molecule has 0 aromatic heterocycles. The topological polar surface area (TPSA) is 66.6 Å². The van der Waals surface area contributed by atoms with E-state index in [2.05, 4.69) is 4.90 Å². The quantitative estimate of drug-likeness (QED) is 0.758. The minimum Gasteiger partial charge on any atom is -0.481 e. The van der Waals surface area contributed by atoms with E-state index in [1.165, 1.54) is 19.3 Å². The third-order valence-electron chi connectivity index (χ3n) is 3.58. The average molecular weight is 248 g/mol. The highest BCUT2D eigenvalue weighted by molar-refractivity contribution is 5.70. The summed E-state index contributed by atoms with van der Waals surface area (Å²) in [5, 5.41) is 8.83. The largest absolute Gasteiger partial charge is 0.481 e. The average Bonchev–Trinajstić information content (AvgIpc) is 2.28. The molecule has 0 radical (unpaired) electrons. The first-order valence-corrected chi connectivity index (χ1v) is 6.48. The van der Waals surface area contributed by atoms with Crippen LogP contribution in [-0.2, 0) is 4.79 Å². The van der Waals surface area contributed by atoms with Gasteiger partial charge >= 0.3 is 5.97 Å². The summed E-state index contributed by atoms with van der Waals surface area (Å²) in [4.78, 5) is 12.8. The lowest BCUT2D eigenvalue weighted by Gasteiger charge is -2.34. The molecule has 0 amide bonds. The van der Waals surface area contributed by atoms with Crippen LogP contribution in [0.15, 0.2) is 24.3 Å². The van der Waals surface area contributed by atoms with Gasteiger partial charge in [0.05, 0.1) is 17.8 Å². The van der Waals surface area contributed by atoms with Crippen LogP contribution >= 0.6 is 0 Å². The molecule has 0 spiro atoms. The molecule has 3 N–H and O–H groups in total. The zero-order valence-corrected chi connectivity index (χ0v) is 10.5. The lowest BCUT2D eigenvalue weighted by molar-refractivity contribution is -0.136. The first-order valence-electron chi connectivity index (χ1n) is 6.48. The van der Waals surface area contributed by atoms with Gasteiger partial charge in [0.25, 0.3) is 0 Å². The number of nitrogen functional groups attached to an aromatic ring is 1. The number of benzene rings is 1. The third kappa shape index (κ3) is 3.15. The van der Waals surface area contributed by atoms with E-state index < -0.39 is 5.97 Å². The highest BCUT2D eigenvalue weighted by Crippen LogP contribution is 2.31. The van der Waals surface area contributed by atoms with E-state index in [1.807, 2.05) is 24.3 Å². The van der Waals surface area contributed by atoms with Crippen LogP contribution in [0.5, 0.6) is 0 Å². The summed E-state index contributed by atoms with van der Waals surface area (Å²) in [5.41, 5.74) is 7.66. The van der Waals surface area contributed by atoms with Crippen LogP contribution in [0.2, 0.25) is 0 Å². The Labute approximate surface area is 107 Å². The molecular formula is C14H20N2O2. The Morgan fingerprint density at radius 2 is 2.11 bits per heavy atom. The molecule has 0 bridgehead atoms. The Kier molecular flexibility index (Phi) is 4.07. The van der Waals surface area contributed by atoms with E-state index in [-0.39, 0.29) is 6.42 Å². The number of nitrogens with zero attached hydrogens (tertiary/aromatic N) is 1. The lowest BCUT2D eigenvalue weighted by Crippen LogP contribution is -2.34. The molecular weight excluding hydrogens is 228 g/mol. The minimum absolute atomic E-state index is 0.154. The summed E-state index contributed by atoms with van der Waals surface area (Å²) in [5.74, 6) is -0.0680. The van der Waals surface area contributed by atoms with E-state index in [9.17, 15) is 4.79 Å². The minimum atomic E-state index is -0.761. The second kappa shape index (κ2) is 5.76. The number of hydrogen-bond donors (Lipinski definition) is 2. The standard InChI is InChI=1S/C14H20N2O2/c15-12-6-1-2-7-13(12)16(9-8-14(17)18)10-11-4-3-5-11/h1-2,6-7,11H,3-5,8-10,15H2,(H,17,18).